The van der Waals surface area contributed by atoms with Gasteiger partial charge in [0.2, 0.25) is 0 Å². The SMILES string of the molecule is CC(C)[C@@H]1CC[C@@H](C)C[C@H]1c1ccc([C@@H]2C[C@H](C)CC[C@H]2C(C)C)[p-]1. The minimum Gasteiger partial charge on any atom is -0.524 e. The van der Waals surface area contributed by atoms with Crippen LogP contribution in [0.2, 0.25) is 0 Å². The van der Waals surface area contributed by atoms with E-state index >= 15 is 0 Å². The minimum absolute atomic E-state index is 0.829. The number of hydrogen-bond donors (Lipinski definition) is 0. The number of hydrogen-bond acceptors (Lipinski definition) is 0. The van der Waals surface area contributed by atoms with Gasteiger partial charge in [0.25, 0.3) is 0 Å². The first kappa shape index (κ1) is 19.5. The Balaban J connectivity index is 1.82. The fraction of sp³-hybridized carbons (Fsp3) is 0.833. The molecule has 0 aliphatic heterocycles. The molecule has 0 unspecified atom stereocenters. The van der Waals surface area contributed by atoms with Gasteiger partial charge in [-0.2, -0.15) is 0 Å². The zero-order valence-electron chi connectivity index (χ0n) is 17.5. The van der Waals surface area contributed by atoms with Gasteiger partial charge in [0.15, 0.2) is 0 Å². The van der Waals surface area contributed by atoms with Crippen molar-refractivity contribution in [2.75, 3.05) is 0 Å². The van der Waals surface area contributed by atoms with E-state index in [1.165, 1.54) is 38.5 Å². The van der Waals surface area contributed by atoms with Crippen molar-refractivity contribution in [3.05, 3.63) is 22.7 Å². The van der Waals surface area contributed by atoms with Crippen molar-refractivity contribution in [2.24, 2.45) is 35.5 Å². The lowest BCUT2D eigenvalue weighted by atomic mass is 9.69. The Kier molecular flexibility index (Phi) is 6.41. The molecule has 0 saturated heterocycles. The predicted octanol–water partition coefficient (Wildman–Crippen LogP) is 8.34. The average molecular weight is 360 g/mol. The second-order valence-electron chi connectivity index (χ2n) is 10.2. The van der Waals surface area contributed by atoms with E-state index in [2.05, 4.69) is 53.7 Å². The van der Waals surface area contributed by atoms with Gasteiger partial charge < -0.3 is 8.19 Å². The fourth-order valence-electron chi connectivity index (χ4n) is 5.89. The normalized spacial score (nSPS) is 37.0. The molecule has 142 valence electrons. The third-order valence-corrected chi connectivity index (χ3v) is 8.97. The van der Waals surface area contributed by atoms with Crippen LogP contribution in [0.4, 0.5) is 0 Å². The van der Waals surface area contributed by atoms with Crippen LogP contribution in [0.15, 0.2) is 12.1 Å². The molecular weight excluding hydrogens is 319 g/mol. The molecular formula is C24H40P-. The molecule has 0 N–H and O–H groups in total. The summed E-state index contributed by atoms with van der Waals surface area (Å²) < 4.78 is 0. The second kappa shape index (κ2) is 8.21. The van der Waals surface area contributed by atoms with E-state index in [1.807, 2.05) is 0 Å². The highest BCUT2D eigenvalue weighted by Crippen LogP contribution is 2.51. The van der Waals surface area contributed by atoms with Gasteiger partial charge in [0.1, 0.15) is 0 Å². The lowest BCUT2D eigenvalue weighted by Crippen LogP contribution is -2.25. The smallest absolute Gasteiger partial charge is 0.0347 e. The quantitative estimate of drug-likeness (QED) is 0.507. The Morgan fingerprint density at radius 1 is 0.720 bits per heavy atom. The summed E-state index contributed by atoms with van der Waals surface area (Å²) in [6.07, 6.45) is 8.63. The zero-order chi connectivity index (χ0) is 18.1. The zero-order valence-corrected chi connectivity index (χ0v) is 18.4. The maximum absolute atomic E-state index is 2.55. The van der Waals surface area contributed by atoms with Crippen LogP contribution >= 0.6 is 8.19 Å². The lowest BCUT2D eigenvalue weighted by Gasteiger charge is -2.42. The van der Waals surface area contributed by atoms with Crippen molar-refractivity contribution < 1.29 is 0 Å². The van der Waals surface area contributed by atoms with Crippen LogP contribution in [-0.2, 0) is 0 Å². The molecule has 1 heterocycles. The van der Waals surface area contributed by atoms with Crippen LogP contribution in [0, 0.1) is 35.5 Å². The molecule has 3 rings (SSSR count). The molecule has 0 amide bonds. The van der Waals surface area contributed by atoms with Gasteiger partial charge >= 0.3 is 0 Å². The van der Waals surface area contributed by atoms with Crippen molar-refractivity contribution in [3.8, 4) is 0 Å². The van der Waals surface area contributed by atoms with Crippen LogP contribution in [0.25, 0.3) is 0 Å². The van der Waals surface area contributed by atoms with E-state index in [9.17, 15) is 0 Å². The first-order valence-corrected chi connectivity index (χ1v) is 11.9. The molecule has 0 nitrogen and oxygen atoms in total. The highest BCUT2D eigenvalue weighted by atomic mass is 31.0. The molecule has 1 heteroatoms. The predicted molar refractivity (Wildman–Crippen MR) is 113 cm³/mol. The monoisotopic (exact) mass is 359 g/mol. The Morgan fingerprint density at radius 3 is 1.48 bits per heavy atom. The number of rotatable bonds is 4. The molecule has 2 aliphatic rings. The van der Waals surface area contributed by atoms with Crippen LogP contribution in [-0.4, -0.2) is 0 Å². The summed E-state index contributed by atoms with van der Waals surface area (Å²) in [6.45, 7) is 14.7. The molecule has 0 bridgehead atoms. The Bertz CT molecular complexity index is 494. The fourth-order valence-corrected chi connectivity index (χ4v) is 7.41. The Hall–Kier alpha value is -0.220. The van der Waals surface area contributed by atoms with Crippen LogP contribution < -0.4 is 0 Å². The van der Waals surface area contributed by atoms with E-state index in [1.54, 1.807) is 18.8 Å². The van der Waals surface area contributed by atoms with E-state index in [0.717, 1.165) is 47.3 Å². The van der Waals surface area contributed by atoms with Crippen molar-refractivity contribution in [2.45, 2.75) is 91.9 Å². The van der Waals surface area contributed by atoms with E-state index in [4.69, 9.17) is 0 Å². The molecule has 1 aromatic rings. The molecule has 0 radical (unpaired) electrons. The van der Waals surface area contributed by atoms with E-state index in [-0.39, 0.29) is 0 Å². The van der Waals surface area contributed by atoms with Crippen molar-refractivity contribution in [3.63, 3.8) is 0 Å². The highest BCUT2D eigenvalue weighted by Gasteiger charge is 2.32. The molecule has 1 aromatic heterocycles. The summed E-state index contributed by atoms with van der Waals surface area (Å²) in [4.78, 5) is 0. The third kappa shape index (κ3) is 4.37. The van der Waals surface area contributed by atoms with Crippen molar-refractivity contribution in [1.29, 1.82) is 0 Å². The summed E-state index contributed by atoms with van der Waals surface area (Å²) >= 11 is 0. The van der Waals surface area contributed by atoms with E-state index < -0.39 is 0 Å². The topological polar surface area (TPSA) is 0 Å². The van der Waals surface area contributed by atoms with Crippen LogP contribution in [0.1, 0.15) is 102 Å². The van der Waals surface area contributed by atoms with Crippen molar-refractivity contribution >= 4 is 8.19 Å². The summed E-state index contributed by atoms with van der Waals surface area (Å²) in [5, 5.41) is 3.53. The third-order valence-electron chi connectivity index (χ3n) is 7.49. The van der Waals surface area contributed by atoms with Gasteiger partial charge in [-0.25, -0.2) is 10.6 Å². The molecule has 25 heavy (non-hydrogen) atoms. The molecule has 0 spiro atoms. The highest BCUT2D eigenvalue weighted by molar-refractivity contribution is 7.32. The lowest BCUT2D eigenvalue weighted by molar-refractivity contribution is 0.199. The maximum Gasteiger partial charge on any atom is -0.0347 e. The van der Waals surface area contributed by atoms with Crippen molar-refractivity contribution in [1.82, 2.24) is 0 Å². The minimum atomic E-state index is 0.829. The van der Waals surface area contributed by atoms with Crippen LogP contribution in [0.3, 0.4) is 0 Å². The van der Waals surface area contributed by atoms with Gasteiger partial charge in [-0.15, -0.1) is 0 Å². The molecule has 6 atom stereocenters. The van der Waals surface area contributed by atoms with Gasteiger partial charge in [0, 0.05) is 0 Å². The second-order valence-corrected chi connectivity index (χ2v) is 11.4. The standard InChI is InChI=1S/C24H40P/c1-15(2)19-9-7-17(5)13-21(19)23-11-12-24(25-23)22-14-18(6)8-10-20(22)16(3)4/h11-12,15-22H,7-10,13-14H2,1-6H3/q-1/t17-,18-,19+,20+,21-,22-/m1/s1. The van der Waals surface area contributed by atoms with Gasteiger partial charge in [-0.3, -0.25) is 0 Å². The average Bonchev–Trinajstić information content (AvgIpc) is 3.03. The molecule has 2 aliphatic carbocycles. The van der Waals surface area contributed by atoms with Crippen LogP contribution in [0.5, 0.6) is 0 Å². The van der Waals surface area contributed by atoms with Gasteiger partial charge in [0.05, 0.1) is 0 Å². The molecule has 2 fully saturated rings. The summed E-state index contributed by atoms with van der Waals surface area (Å²) in [5.41, 5.74) is 0. The van der Waals surface area contributed by atoms with Gasteiger partial charge in [-0.1, -0.05) is 66.5 Å². The first-order valence-electron chi connectivity index (χ1n) is 11.0. The first-order chi connectivity index (χ1) is 11.9. The maximum atomic E-state index is 2.55. The Labute approximate surface area is 158 Å². The summed E-state index contributed by atoms with van der Waals surface area (Å²) in [5.74, 6) is 7.00. The summed E-state index contributed by atoms with van der Waals surface area (Å²) in [6, 6.07) is 5.09. The summed E-state index contributed by atoms with van der Waals surface area (Å²) in [7, 11) is 1.60. The largest absolute Gasteiger partial charge is 0.524 e. The Morgan fingerprint density at radius 2 is 1.12 bits per heavy atom. The molecule has 0 aromatic carbocycles. The van der Waals surface area contributed by atoms with E-state index in [0.29, 0.717) is 0 Å². The molecule has 2 saturated carbocycles. The van der Waals surface area contributed by atoms with Gasteiger partial charge in [-0.05, 0) is 73.0 Å².